The SMILES string of the molecule is CCc1ccccc1NC(=O)NCCNc1ccc(Nc2cccc(C)n2)nn1. The fraction of sp³-hybridized carbons (Fsp3) is 0.238. The van der Waals surface area contributed by atoms with Crippen LogP contribution in [0.5, 0.6) is 0 Å². The second-order valence-electron chi connectivity index (χ2n) is 6.41. The number of pyridine rings is 1. The van der Waals surface area contributed by atoms with Crippen LogP contribution in [-0.4, -0.2) is 34.3 Å². The largest absolute Gasteiger partial charge is 0.367 e. The number of nitrogens with one attached hydrogen (secondary N) is 4. The highest BCUT2D eigenvalue weighted by Gasteiger charge is 2.05. The molecule has 2 aromatic heterocycles. The molecule has 0 saturated heterocycles. The Morgan fingerprint density at radius 3 is 2.45 bits per heavy atom. The van der Waals surface area contributed by atoms with Gasteiger partial charge in [0.25, 0.3) is 0 Å². The van der Waals surface area contributed by atoms with Crippen molar-refractivity contribution in [2.75, 3.05) is 29.0 Å². The third-order valence-corrected chi connectivity index (χ3v) is 4.17. The quantitative estimate of drug-likeness (QED) is 0.436. The highest BCUT2D eigenvalue weighted by Crippen LogP contribution is 2.15. The predicted molar refractivity (Wildman–Crippen MR) is 116 cm³/mol. The number of rotatable bonds is 8. The third-order valence-electron chi connectivity index (χ3n) is 4.17. The molecule has 29 heavy (non-hydrogen) atoms. The summed E-state index contributed by atoms with van der Waals surface area (Å²) in [4.78, 5) is 16.4. The minimum absolute atomic E-state index is 0.232. The Labute approximate surface area is 170 Å². The fourth-order valence-electron chi connectivity index (χ4n) is 2.72. The fourth-order valence-corrected chi connectivity index (χ4v) is 2.72. The van der Waals surface area contributed by atoms with E-state index in [2.05, 4.69) is 43.4 Å². The third kappa shape index (κ3) is 6.17. The summed E-state index contributed by atoms with van der Waals surface area (Å²) in [6.07, 6.45) is 0.863. The van der Waals surface area contributed by atoms with Gasteiger partial charge < -0.3 is 21.3 Å². The molecule has 3 rings (SSSR count). The average Bonchev–Trinajstić information content (AvgIpc) is 2.73. The number of urea groups is 1. The Kier molecular flexibility index (Phi) is 6.94. The van der Waals surface area contributed by atoms with Crippen LogP contribution in [-0.2, 0) is 6.42 Å². The van der Waals surface area contributed by atoms with E-state index in [0.717, 1.165) is 29.2 Å². The van der Waals surface area contributed by atoms with E-state index in [1.54, 1.807) is 0 Å². The maximum atomic E-state index is 12.0. The van der Waals surface area contributed by atoms with Crippen LogP contribution in [0.2, 0.25) is 0 Å². The lowest BCUT2D eigenvalue weighted by Gasteiger charge is -2.11. The average molecular weight is 391 g/mol. The molecule has 4 N–H and O–H groups in total. The van der Waals surface area contributed by atoms with Crippen molar-refractivity contribution < 1.29 is 4.79 Å². The summed E-state index contributed by atoms with van der Waals surface area (Å²) in [7, 11) is 0. The smallest absolute Gasteiger partial charge is 0.319 e. The van der Waals surface area contributed by atoms with E-state index in [1.165, 1.54) is 0 Å². The number of para-hydroxylation sites is 1. The Bertz CT molecular complexity index is 944. The molecule has 0 aliphatic rings. The maximum Gasteiger partial charge on any atom is 0.319 e. The van der Waals surface area contributed by atoms with E-state index in [-0.39, 0.29) is 6.03 Å². The summed E-state index contributed by atoms with van der Waals surface area (Å²) in [5.41, 5.74) is 2.86. The zero-order valence-corrected chi connectivity index (χ0v) is 16.6. The van der Waals surface area contributed by atoms with Gasteiger partial charge in [-0.2, -0.15) is 0 Å². The van der Waals surface area contributed by atoms with Crippen molar-refractivity contribution in [1.29, 1.82) is 0 Å². The summed E-state index contributed by atoms with van der Waals surface area (Å²) >= 11 is 0. The van der Waals surface area contributed by atoms with Gasteiger partial charge in [0.05, 0.1) is 0 Å². The molecule has 0 radical (unpaired) electrons. The number of nitrogens with zero attached hydrogens (tertiary/aromatic N) is 3. The Hall–Kier alpha value is -3.68. The summed E-state index contributed by atoms with van der Waals surface area (Å²) < 4.78 is 0. The topological polar surface area (TPSA) is 104 Å². The molecule has 0 unspecified atom stereocenters. The van der Waals surface area contributed by atoms with E-state index in [9.17, 15) is 4.79 Å². The lowest BCUT2D eigenvalue weighted by Crippen LogP contribution is -2.33. The molecular weight excluding hydrogens is 366 g/mol. The van der Waals surface area contributed by atoms with Gasteiger partial charge in [-0.3, -0.25) is 0 Å². The molecule has 0 aliphatic carbocycles. The number of carbonyl (C=O) groups is 1. The van der Waals surface area contributed by atoms with Gasteiger partial charge >= 0.3 is 6.03 Å². The normalized spacial score (nSPS) is 10.3. The Balaban J connectivity index is 1.40. The zero-order valence-electron chi connectivity index (χ0n) is 16.6. The molecule has 8 nitrogen and oxygen atoms in total. The molecule has 1 aromatic carbocycles. The summed E-state index contributed by atoms with van der Waals surface area (Å²) in [5.74, 6) is 1.96. The first-order valence-corrected chi connectivity index (χ1v) is 9.55. The van der Waals surface area contributed by atoms with E-state index in [0.29, 0.717) is 24.7 Å². The maximum absolute atomic E-state index is 12.0. The number of aryl methyl sites for hydroxylation is 2. The summed E-state index contributed by atoms with van der Waals surface area (Å²) in [5, 5.41) is 20.2. The Morgan fingerprint density at radius 1 is 0.897 bits per heavy atom. The standard InChI is InChI=1S/C21H25N7O/c1-3-16-8-4-5-9-17(16)25-21(29)23-14-13-22-18-11-12-20(28-27-18)26-19-10-6-7-15(2)24-19/h4-12H,3,13-14H2,1-2H3,(H,22,27)(H2,23,25,29)(H,24,26,28). The lowest BCUT2D eigenvalue weighted by molar-refractivity contribution is 0.252. The molecule has 0 bridgehead atoms. The van der Waals surface area contributed by atoms with E-state index in [1.807, 2.05) is 61.5 Å². The van der Waals surface area contributed by atoms with E-state index in [4.69, 9.17) is 0 Å². The van der Waals surface area contributed by atoms with Gasteiger partial charge in [-0.1, -0.05) is 31.2 Å². The number of benzene rings is 1. The van der Waals surface area contributed by atoms with E-state index < -0.39 is 0 Å². The van der Waals surface area contributed by atoms with Gasteiger partial charge in [-0.25, -0.2) is 9.78 Å². The van der Waals surface area contributed by atoms with Crippen LogP contribution in [0.4, 0.5) is 27.9 Å². The van der Waals surface area contributed by atoms with Gasteiger partial charge in [0.1, 0.15) is 11.6 Å². The number of hydrogen-bond donors (Lipinski definition) is 4. The van der Waals surface area contributed by atoms with Crippen molar-refractivity contribution in [2.24, 2.45) is 0 Å². The van der Waals surface area contributed by atoms with Gasteiger partial charge in [-0.05, 0) is 49.2 Å². The van der Waals surface area contributed by atoms with Crippen LogP contribution in [0, 0.1) is 6.92 Å². The first-order chi connectivity index (χ1) is 14.1. The first kappa shape index (κ1) is 20.1. The molecular formula is C21H25N7O. The zero-order chi connectivity index (χ0) is 20.5. The van der Waals surface area contributed by atoms with Crippen molar-refractivity contribution in [1.82, 2.24) is 20.5 Å². The molecule has 2 heterocycles. The van der Waals surface area contributed by atoms with Crippen molar-refractivity contribution in [2.45, 2.75) is 20.3 Å². The monoisotopic (exact) mass is 391 g/mol. The molecule has 0 fully saturated rings. The van der Waals surface area contributed by atoms with Gasteiger partial charge in [0.2, 0.25) is 0 Å². The second kappa shape index (κ2) is 10.0. The van der Waals surface area contributed by atoms with Gasteiger partial charge in [-0.15, -0.1) is 10.2 Å². The highest BCUT2D eigenvalue weighted by atomic mass is 16.2. The molecule has 8 heteroatoms. The second-order valence-corrected chi connectivity index (χ2v) is 6.41. The highest BCUT2D eigenvalue weighted by molar-refractivity contribution is 5.90. The molecule has 3 aromatic rings. The van der Waals surface area contributed by atoms with Crippen LogP contribution >= 0.6 is 0 Å². The van der Waals surface area contributed by atoms with Crippen LogP contribution in [0.1, 0.15) is 18.2 Å². The first-order valence-electron chi connectivity index (χ1n) is 9.55. The summed E-state index contributed by atoms with van der Waals surface area (Å²) in [6, 6.07) is 16.9. The molecule has 0 saturated carbocycles. The number of aromatic nitrogens is 3. The molecule has 2 amide bonds. The van der Waals surface area contributed by atoms with Gasteiger partial charge in [0, 0.05) is 24.5 Å². The van der Waals surface area contributed by atoms with Crippen LogP contribution in [0.3, 0.4) is 0 Å². The van der Waals surface area contributed by atoms with Crippen LogP contribution < -0.4 is 21.3 Å². The number of anilines is 4. The molecule has 0 spiro atoms. The van der Waals surface area contributed by atoms with Gasteiger partial charge in [0.15, 0.2) is 5.82 Å². The molecule has 150 valence electrons. The minimum atomic E-state index is -0.232. The van der Waals surface area contributed by atoms with Crippen LogP contribution in [0.25, 0.3) is 0 Å². The van der Waals surface area contributed by atoms with Crippen LogP contribution in [0.15, 0.2) is 54.6 Å². The number of carbonyl (C=O) groups excluding carboxylic acids is 1. The lowest BCUT2D eigenvalue weighted by atomic mass is 10.1. The summed E-state index contributed by atoms with van der Waals surface area (Å²) in [6.45, 7) is 4.97. The van der Waals surface area contributed by atoms with Crippen molar-refractivity contribution in [3.8, 4) is 0 Å². The van der Waals surface area contributed by atoms with Crippen molar-refractivity contribution >= 4 is 29.2 Å². The number of amides is 2. The molecule has 0 atom stereocenters. The Morgan fingerprint density at radius 2 is 1.69 bits per heavy atom. The number of hydrogen-bond acceptors (Lipinski definition) is 6. The van der Waals surface area contributed by atoms with E-state index >= 15 is 0 Å². The van der Waals surface area contributed by atoms with Crippen molar-refractivity contribution in [3.63, 3.8) is 0 Å². The predicted octanol–water partition coefficient (Wildman–Crippen LogP) is 3.72. The minimum Gasteiger partial charge on any atom is -0.367 e. The van der Waals surface area contributed by atoms with Crippen molar-refractivity contribution in [3.05, 3.63) is 65.9 Å². The molecule has 0 aliphatic heterocycles.